The fourth-order valence-corrected chi connectivity index (χ4v) is 4.50. The van der Waals surface area contributed by atoms with E-state index in [0.717, 1.165) is 56.9 Å². The Morgan fingerprint density at radius 2 is 1.71 bits per heavy atom. The van der Waals surface area contributed by atoms with Gasteiger partial charge in [-0.05, 0) is 38.8 Å². The van der Waals surface area contributed by atoms with E-state index in [4.69, 9.17) is 0 Å². The van der Waals surface area contributed by atoms with Crippen LogP contribution in [0.1, 0.15) is 47.4 Å². The van der Waals surface area contributed by atoms with E-state index in [-0.39, 0.29) is 11.8 Å². The van der Waals surface area contributed by atoms with Gasteiger partial charge in [0.05, 0.1) is 11.4 Å². The molecule has 8 heteroatoms. The van der Waals surface area contributed by atoms with Crippen molar-refractivity contribution in [3.8, 4) is 5.69 Å². The van der Waals surface area contributed by atoms with Crippen LogP contribution in [0.2, 0.25) is 0 Å². The first-order valence-corrected chi connectivity index (χ1v) is 11.3. The fourth-order valence-electron chi connectivity index (χ4n) is 4.50. The fraction of sp³-hybridized carbons (Fsp3) is 0.565. The summed E-state index contributed by atoms with van der Waals surface area (Å²) >= 11 is 0. The molecule has 0 radical (unpaired) electrons. The maximum atomic E-state index is 12.6. The predicted octanol–water partition coefficient (Wildman–Crippen LogP) is 1.95. The van der Waals surface area contributed by atoms with E-state index in [1.54, 1.807) is 4.68 Å². The van der Waals surface area contributed by atoms with Gasteiger partial charge >= 0.3 is 0 Å². The first-order chi connectivity index (χ1) is 15.0. The largest absolute Gasteiger partial charge is 0.349 e. The standard InChI is InChI=1S/C23H32N6O2/c1-17-7-9-20(10-8-17)29-18(2)21(25-26-29)22(30)24-11-12-27-13-15-28(16-14-27)23(31)19-5-3-4-6-19/h7-10,19H,3-6,11-16H2,1-2H3,(H,24,30). The van der Waals surface area contributed by atoms with Crippen LogP contribution >= 0.6 is 0 Å². The maximum Gasteiger partial charge on any atom is 0.273 e. The Labute approximate surface area is 183 Å². The predicted molar refractivity (Wildman–Crippen MR) is 118 cm³/mol. The molecular formula is C23H32N6O2. The summed E-state index contributed by atoms with van der Waals surface area (Å²) < 4.78 is 1.69. The number of aromatic nitrogens is 3. The summed E-state index contributed by atoms with van der Waals surface area (Å²) in [4.78, 5) is 29.5. The second-order valence-corrected chi connectivity index (χ2v) is 8.68. The summed E-state index contributed by atoms with van der Waals surface area (Å²) in [7, 11) is 0. The number of piperazine rings is 1. The van der Waals surface area contributed by atoms with Gasteiger partial charge in [-0.25, -0.2) is 4.68 Å². The molecule has 31 heavy (non-hydrogen) atoms. The molecule has 0 atom stereocenters. The highest BCUT2D eigenvalue weighted by atomic mass is 16.2. The molecule has 2 fully saturated rings. The third kappa shape index (κ3) is 4.95. The molecule has 0 spiro atoms. The molecule has 166 valence electrons. The molecule has 1 aromatic heterocycles. The van der Waals surface area contributed by atoms with Crippen molar-refractivity contribution in [3.05, 3.63) is 41.2 Å². The Kier molecular flexibility index (Phi) is 6.65. The van der Waals surface area contributed by atoms with E-state index in [1.165, 1.54) is 18.4 Å². The van der Waals surface area contributed by atoms with Crippen LogP contribution in [0.4, 0.5) is 0 Å². The molecule has 1 aliphatic carbocycles. The average Bonchev–Trinajstić information content (AvgIpc) is 3.44. The topological polar surface area (TPSA) is 83.4 Å². The number of rotatable bonds is 6. The Balaban J connectivity index is 1.23. The quantitative estimate of drug-likeness (QED) is 0.766. The van der Waals surface area contributed by atoms with Crippen LogP contribution in [0.15, 0.2) is 24.3 Å². The van der Waals surface area contributed by atoms with E-state index in [9.17, 15) is 9.59 Å². The van der Waals surface area contributed by atoms with Gasteiger partial charge in [0.1, 0.15) is 0 Å². The van der Waals surface area contributed by atoms with Crippen LogP contribution in [-0.2, 0) is 4.79 Å². The van der Waals surface area contributed by atoms with E-state index in [2.05, 4.69) is 20.5 Å². The Hall–Kier alpha value is -2.74. The van der Waals surface area contributed by atoms with Gasteiger partial charge in [-0.1, -0.05) is 35.8 Å². The number of hydrogen-bond acceptors (Lipinski definition) is 5. The molecule has 0 unspecified atom stereocenters. The SMILES string of the molecule is Cc1ccc(-n2nnc(C(=O)NCCN3CCN(C(=O)C4CCCC4)CC3)c2C)cc1. The monoisotopic (exact) mass is 424 g/mol. The summed E-state index contributed by atoms with van der Waals surface area (Å²) in [6.45, 7) is 8.49. The minimum atomic E-state index is -0.203. The number of hydrogen-bond donors (Lipinski definition) is 1. The molecule has 0 bridgehead atoms. The number of aryl methyl sites for hydroxylation is 1. The smallest absolute Gasteiger partial charge is 0.273 e. The van der Waals surface area contributed by atoms with E-state index < -0.39 is 0 Å². The first kappa shape index (κ1) is 21.5. The van der Waals surface area contributed by atoms with Gasteiger partial charge in [-0.3, -0.25) is 14.5 Å². The summed E-state index contributed by atoms with van der Waals surface area (Å²) in [5.74, 6) is 0.394. The first-order valence-electron chi connectivity index (χ1n) is 11.3. The van der Waals surface area contributed by atoms with Crippen molar-refractivity contribution in [1.82, 2.24) is 30.1 Å². The van der Waals surface area contributed by atoms with Crippen LogP contribution in [0.25, 0.3) is 5.69 Å². The minimum absolute atomic E-state index is 0.203. The van der Waals surface area contributed by atoms with Crippen molar-refractivity contribution < 1.29 is 9.59 Å². The third-order valence-corrected chi connectivity index (χ3v) is 6.49. The van der Waals surface area contributed by atoms with Crippen LogP contribution < -0.4 is 5.32 Å². The summed E-state index contributed by atoms with van der Waals surface area (Å²) in [6, 6.07) is 7.96. The van der Waals surface area contributed by atoms with Crippen LogP contribution in [0.3, 0.4) is 0 Å². The number of carbonyl (C=O) groups excluding carboxylic acids is 2. The van der Waals surface area contributed by atoms with Gasteiger partial charge in [0.15, 0.2) is 5.69 Å². The number of amides is 2. The van der Waals surface area contributed by atoms with Gasteiger partial charge in [0.25, 0.3) is 5.91 Å². The highest BCUT2D eigenvalue weighted by molar-refractivity contribution is 5.93. The van der Waals surface area contributed by atoms with Gasteiger partial charge in [0, 0.05) is 45.2 Å². The summed E-state index contributed by atoms with van der Waals surface area (Å²) in [5.41, 5.74) is 3.14. The molecule has 2 amide bonds. The Morgan fingerprint density at radius 1 is 1.03 bits per heavy atom. The van der Waals surface area contributed by atoms with Crippen molar-refractivity contribution in [2.75, 3.05) is 39.3 Å². The number of benzene rings is 1. The molecule has 1 saturated carbocycles. The number of nitrogens with zero attached hydrogens (tertiary/aromatic N) is 5. The van der Waals surface area contributed by atoms with Crippen LogP contribution in [-0.4, -0.2) is 75.9 Å². The van der Waals surface area contributed by atoms with Gasteiger partial charge < -0.3 is 10.2 Å². The van der Waals surface area contributed by atoms with Crippen LogP contribution in [0.5, 0.6) is 0 Å². The average molecular weight is 425 g/mol. The summed E-state index contributed by atoms with van der Waals surface area (Å²) in [5, 5.41) is 11.2. The Morgan fingerprint density at radius 3 is 2.39 bits per heavy atom. The normalized spacial score (nSPS) is 17.8. The molecule has 2 aromatic rings. The van der Waals surface area contributed by atoms with E-state index in [0.29, 0.717) is 18.1 Å². The lowest BCUT2D eigenvalue weighted by Gasteiger charge is -2.36. The zero-order valence-electron chi connectivity index (χ0n) is 18.5. The minimum Gasteiger partial charge on any atom is -0.349 e. The molecule has 1 aromatic carbocycles. The molecule has 1 N–H and O–H groups in total. The highest BCUT2D eigenvalue weighted by Crippen LogP contribution is 2.26. The Bertz CT molecular complexity index is 909. The maximum absolute atomic E-state index is 12.6. The van der Waals surface area contributed by atoms with Gasteiger partial charge in [-0.2, -0.15) is 0 Å². The van der Waals surface area contributed by atoms with Crippen molar-refractivity contribution in [3.63, 3.8) is 0 Å². The second kappa shape index (κ2) is 9.60. The lowest BCUT2D eigenvalue weighted by Crippen LogP contribution is -2.51. The summed E-state index contributed by atoms with van der Waals surface area (Å²) in [6.07, 6.45) is 4.49. The second-order valence-electron chi connectivity index (χ2n) is 8.68. The molecule has 2 aliphatic rings. The molecule has 4 rings (SSSR count). The lowest BCUT2D eigenvalue weighted by molar-refractivity contribution is -0.137. The zero-order chi connectivity index (χ0) is 21.8. The van der Waals surface area contributed by atoms with Crippen molar-refractivity contribution >= 4 is 11.8 Å². The molecular weight excluding hydrogens is 392 g/mol. The highest BCUT2D eigenvalue weighted by Gasteiger charge is 2.29. The van der Waals surface area contributed by atoms with Gasteiger partial charge in [0.2, 0.25) is 5.91 Å². The molecule has 8 nitrogen and oxygen atoms in total. The third-order valence-electron chi connectivity index (χ3n) is 6.49. The number of carbonyl (C=O) groups is 2. The van der Waals surface area contributed by atoms with Crippen LogP contribution in [0, 0.1) is 19.8 Å². The van der Waals surface area contributed by atoms with Crippen molar-refractivity contribution in [2.24, 2.45) is 5.92 Å². The molecule has 2 heterocycles. The van der Waals surface area contributed by atoms with E-state index >= 15 is 0 Å². The van der Waals surface area contributed by atoms with Gasteiger partial charge in [-0.15, -0.1) is 5.10 Å². The van der Waals surface area contributed by atoms with Crippen molar-refractivity contribution in [2.45, 2.75) is 39.5 Å². The molecule has 1 saturated heterocycles. The number of nitrogens with one attached hydrogen (secondary N) is 1. The molecule has 1 aliphatic heterocycles. The van der Waals surface area contributed by atoms with Crippen molar-refractivity contribution in [1.29, 1.82) is 0 Å². The zero-order valence-corrected chi connectivity index (χ0v) is 18.5. The van der Waals surface area contributed by atoms with E-state index in [1.807, 2.05) is 43.0 Å². The lowest BCUT2D eigenvalue weighted by atomic mass is 10.1.